The molecule has 0 amide bonds. The lowest BCUT2D eigenvalue weighted by Gasteiger charge is -2.14. The molecule has 0 saturated heterocycles. The average molecular weight is 238 g/mol. The Hall–Kier alpha value is -1.04. The van der Waals surface area contributed by atoms with E-state index in [1.807, 2.05) is 0 Å². The van der Waals surface area contributed by atoms with Crippen LogP contribution in [0.4, 0.5) is 13.2 Å². The molecule has 0 spiro atoms. The Labute approximate surface area is 90.4 Å². The molecule has 0 aliphatic carbocycles. The van der Waals surface area contributed by atoms with Crippen molar-refractivity contribution in [3.05, 3.63) is 18.2 Å². The van der Waals surface area contributed by atoms with E-state index in [2.05, 4.69) is 17.4 Å². The van der Waals surface area contributed by atoms with E-state index in [4.69, 9.17) is 4.74 Å². The smallest absolute Gasteiger partial charge is 0.489 e. The lowest BCUT2D eigenvalue weighted by Crippen LogP contribution is -2.17. The van der Waals surface area contributed by atoms with Crippen molar-refractivity contribution in [3.63, 3.8) is 0 Å². The minimum Gasteiger partial charge on any atom is -0.489 e. The van der Waals surface area contributed by atoms with Crippen LogP contribution >= 0.6 is 12.6 Å². The minimum absolute atomic E-state index is 0.000610. The van der Waals surface area contributed by atoms with Crippen LogP contribution in [0.3, 0.4) is 0 Å². The molecule has 0 aliphatic heterocycles. The SMILES string of the molecule is CCOc1c(S)cccc1OC(F)(F)F. The Morgan fingerprint density at radius 2 is 2.00 bits per heavy atom. The van der Waals surface area contributed by atoms with Crippen molar-refractivity contribution in [3.8, 4) is 11.5 Å². The van der Waals surface area contributed by atoms with Crippen molar-refractivity contribution < 1.29 is 22.6 Å². The molecular formula is C9H9F3O2S. The number of hydrogen-bond donors (Lipinski definition) is 1. The van der Waals surface area contributed by atoms with Gasteiger partial charge in [-0.2, -0.15) is 0 Å². The first-order valence-electron chi connectivity index (χ1n) is 4.14. The summed E-state index contributed by atoms with van der Waals surface area (Å²) in [5, 5.41) is 0. The highest BCUT2D eigenvalue weighted by Crippen LogP contribution is 2.36. The Kier molecular flexibility index (Phi) is 3.73. The summed E-state index contributed by atoms with van der Waals surface area (Å²) in [7, 11) is 0. The summed E-state index contributed by atoms with van der Waals surface area (Å²) in [5.74, 6) is -0.377. The van der Waals surface area contributed by atoms with Gasteiger partial charge in [0.15, 0.2) is 11.5 Å². The zero-order valence-corrected chi connectivity index (χ0v) is 8.73. The van der Waals surface area contributed by atoms with Crippen molar-refractivity contribution in [2.24, 2.45) is 0 Å². The second kappa shape index (κ2) is 4.65. The summed E-state index contributed by atoms with van der Waals surface area (Å²) < 4.78 is 44.8. The molecule has 0 atom stereocenters. The first-order valence-corrected chi connectivity index (χ1v) is 4.59. The van der Waals surface area contributed by atoms with Crippen molar-refractivity contribution in [2.75, 3.05) is 6.61 Å². The van der Waals surface area contributed by atoms with E-state index >= 15 is 0 Å². The van der Waals surface area contributed by atoms with Gasteiger partial charge in [0.1, 0.15) is 0 Å². The molecule has 0 fully saturated rings. The molecule has 1 aromatic carbocycles. The maximum absolute atomic E-state index is 12.0. The number of halogens is 3. The van der Waals surface area contributed by atoms with Gasteiger partial charge in [-0.15, -0.1) is 25.8 Å². The van der Waals surface area contributed by atoms with Gasteiger partial charge in [-0.3, -0.25) is 0 Å². The van der Waals surface area contributed by atoms with E-state index in [1.54, 1.807) is 6.92 Å². The highest BCUT2D eigenvalue weighted by Gasteiger charge is 2.32. The van der Waals surface area contributed by atoms with Gasteiger partial charge >= 0.3 is 6.36 Å². The van der Waals surface area contributed by atoms with Gasteiger partial charge < -0.3 is 9.47 Å². The van der Waals surface area contributed by atoms with Crippen LogP contribution in [-0.2, 0) is 0 Å². The van der Waals surface area contributed by atoms with Gasteiger partial charge in [0.05, 0.1) is 11.5 Å². The number of ether oxygens (including phenoxy) is 2. The second-order valence-electron chi connectivity index (χ2n) is 2.59. The predicted molar refractivity (Wildman–Crippen MR) is 51.5 cm³/mol. The molecule has 1 rings (SSSR count). The molecule has 6 heteroatoms. The van der Waals surface area contributed by atoms with E-state index in [-0.39, 0.29) is 18.1 Å². The normalized spacial score (nSPS) is 11.3. The third-order valence-corrected chi connectivity index (χ3v) is 1.82. The molecular weight excluding hydrogens is 229 g/mol. The van der Waals surface area contributed by atoms with Gasteiger partial charge in [0, 0.05) is 0 Å². The molecule has 0 aromatic heterocycles. The summed E-state index contributed by atoms with van der Waals surface area (Å²) in [6.07, 6.45) is -4.73. The fraction of sp³-hybridized carbons (Fsp3) is 0.333. The first kappa shape index (κ1) is 12.0. The van der Waals surface area contributed by atoms with Crippen molar-refractivity contribution >= 4 is 12.6 Å². The highest BCUT2D eigenvalue weighted by atomic mass is 32.1. The maximum Gasteiger partial charge on any atom is 0.573 e. The van der Waals surface area contributed by atoms with Crippen LogP contribution < -0.4 is 9.47 Å². The van der Waals surface area contributed by atoms with Crippen LogP contribution in [0.1, 0.15) is 6.92 Å². The fourth-order valence-corrected chi connectivity index (χ4v) is 1.26. The van der Waals surface area contributed by atoms with Crippen LogP contribution in [0.25, 0.3) is 0 Å². The quantitative estimate of drug-likeness (QED) is 0.815. The molecule has 0 unspecified atom stereocenters. The van der Waals surface area contributed by atoms with Gasteiger partial charge in [0.25, 0.3) is 0 Å². The number of benzene rings is 1. The van der Waals surface area contributed by atoms with E-state index in [1.165, 1.54) is 18.2 Å². The molecule has 0 N–H and O–H groups in total. The number of alkyl halides is 3. The molecule has 0 radical (unpaired) electrons. The molecule has 0 heterocycles. The fourth-order valence-electron chi connectivity index (χ4n) is 0.999. The van der Waals surface area contributed by atoms with Crippen LogP contribution in [0, 0.1) is 0 Å². The molecule has 0 saturated carbocycles. The molecule has 2 nitrogen and oxygen atoms in total. The molecule has 0 bridgehead atoms. The van der Waals surface area contributed by atoms with Gasteiger partial charge in [-0.05, 0) is 19.1 Å². The van der Waals surface area contributed by atoms with Gasteiger partial charge in [0.2, 0.25) is 0 Å². The monoisotopic (exact) mass is 238 g/mol. The number of para-hydroxylation sites is 1. The minimum atomic E-state index is -4.73. The zero-order valence-electron chi connectivity index (χ0n) is 7.84. The van der Waals surface area contributed by atoms with Crippen LogP contribution in [0.5, 0.6) is 11.5 Å². The number of rotatable bonds is 3. The van der Waals surface area contributed by atoms with Crippen LogP contribution in [-0.4, -0.2) is 13.0 Å². The highest BCUT2D eigenvalue weighted by molar-refractivity contribution is 7.80. The maximum atomic E-state index is 12.0. The van der Waals surface area contributed by atoms with E-state index in [0.717, 1.165) is 0 Å². The number of hydrogen-bond acceptors (Lipinski definition) is 3. The summed E-state index contributed by atoms with van der Waals surface area (Å²) in [4.78, 5) is 0.304. The Morgan fingerprint density at radius 1 is 1.33 bits per heavy atom. The van der Waals surface area contributed by atoms with Crippen molar-refractivity contribution in [1.82, 2.24) is 0 Å². The Morgan fingerprint density at radius 3 is 2.53 bits per heavy atom. The second-order valence-corrected chi connectivity index (χ2v) is 3.07. The number of thiol groups is 1. The standard InChI is InChI=1S/C9H9F3O2S/c1-2-13-8-6(14-9(10,11)12)4-3-5-7(8)15/h3-5,15H,2H2,1H3. The first-order chi connectivity index (χ1) is 6.94. The van der Waals surface area contributed by atoms with E-state index in [0.29, 0.717) is 4.90 Å². The van der Waals surface area contributed by atoms with Crippen molar-refractivity contribution in [2.45, 2.75) is 18.2 Å². The van der Waals surface area contributed by atoms with E-state index < -0.39 is 6.36 Å². The Bertz CT molecular complexity index is 339. The third-order valence-electron chi connectivity index (χ3n) is 1.47. The molecule has 15 heavy (non-hydrogen) atoms. The Balaban J connectivity index is 3.00. The topological polar surface area (TPSA) is 18.5 Å². The summed E-state index contributed by atoms with van der Waals surface area (Å²) in [6, 6.07) is 4.11. The molecule has 0 aliphatic rings. The average Bonchev–Trinajstić information content (AvgIpc) is 2.08. The summed E-state index contributed by atoms with van der Waals surface area (Å²) in [5.41, 5.74) is 0. The molecule has 1 aromatic rings. The van der Waals surface area contributed by atoms with Crippen molar-refractivity contribution in [1.29, 1.82) is 0 Å². The van der Waals surface area contributed by atoms with Gasteiger partial charge in [-0.25, -0.2) is 0 Å². The van der Waals surface area contributed by atoms with Crippen LogP contribution in [0.2, 0.25) is 0 Å². The third kappa shape index (κ3) is 3.54. The summed E-state index contributed by atoms with van der Waals surface area (Å²) in [6.45, 7) is 1.91. The van der Waals surface area contributed by atoms with Gasteiger partial charge in [-0.1, -0.05) is 6.07 Å². The lowest BCUT2D eigenvalue weighted by molar-refractivity contribution is -0.275. The molecule has 84 valence electrons. The zero-order chi connectivity index (χ0) is 11.5. The summed E-state index contributed by atoms with van der Waals surface area (Å²) >= 11 is 3.98. The lowest BCUT2D eigenvalue weighted by atomic mass is 10.3. The largest absolute Gasteiger partial charge is 0.573 e. The predicted octanol–water partition coefficient (Wildman–Crippen LogP) is 3.27. The van der Waals surface area contributed by atoms with E-state index in [9.17, 15) is 13.2 Å². The van der Waals surface area contributed by atoms with Crippen LogP contribution in [0.15, 0.2) is 23.1 Å².